The summed E-state index contributed by atoms with van der Waals surface area (Å²) in [5, 5.41) is 2.60. The van der Waals surface area contributed by atoms with Gasteiger partial charge in [-0.05, 0) is 71.0 Å². The van der Waals surface area contributed by atoms with Gasteiger partial charge in [-0.2, -0.15) is 0 Å². The van der Waals surface area contributed by atoms with E-state index in [1.54, 1.807) is 26.2 Å². The first-order chi connectivity index (χ1) is 18.9. The van der Waals surface area contributed by atoms with Crippen molar-refractivity contribution >= 4 is 29.3 Å². The number of carbonyl (C=O) groups is 1. The number of aromatic amines is 1. The van der Waals surface area contributed by atoms with Gasteiger partial charge in [-0.1, -0.05) is 11.6 Å². The van der Waals surface area contributed by atoms with Crippen molar-refractivity contribution in [2.45, 2.75) is 69.7 Å². The summed E-state index contributed by atoms with van der Waals surface area (Å²) in [7, 11) is 0. The number of fused-ring (bicyclic) bond motifs is 1. The van der Waals surface area contributed by atoms with Gasteiger partial charge in [-0.15, -0.1) is 11.8 Å². The molecule has 8 nitrogen and oxygen atoms in total. The van der Waals surface area contributed by atoms with Crippen LogP contribution in [0.1, 0.15) is 62.5 Å². The number of aromatic nitrogens is 1. The SMILES string of the molecule is [2H]C([2H])(NC(=O)c1cc(Cl)c2c(c1C)OC(C)(C1CCN(CC3CCCO3)CC1)O2)c1c(SC)cc(C)[nH]c1=O. The van der Waals surface area contributed by atoms with E-state index in [1.807, 2.05) is 6.92 Å². The van der Waals surface area contributed by atoms with Crippen LogP contribution in [0.15, 0.2) is 21.8 Å². The topological polar surface area (TPSA) is 92.9 Å². The number of halogens is 1. The zero-order valence-corrected chi connectivity index (χ0v) is 23.8. The Balaban J connectivity index is 1.32. The van der Waals surface area contributed by atoms with Gasteiger partial charge in [0.05, 0.1) is 13.9 Å². The smallest absolute Gasteiger partial charge is 0.254 e. The van der Waals surface area contributed by atoms with E-state index >= 15 is 0 Å². The van der Waals surface area contributed by atoms with Crippen LogP contribution in [-0.2, 0) is 11.2 Å². The fourth-order valence-electron chi connectivity index (χ4n) is 5.59. The molecule has 2 fully saturated rings. The second kappa shape index (κ2) is 11.1. The van der Waals surface area contributed by atoms with Gasteiger partial charge in [-0.25, -0.2) is 0 Å². The second-order valence-corrected chi connectivity index (χ2v) is 11.7. The first kappa shape index (κ1) is 24.8. The number of carbonyl (C=O) groups excluding carboxylic acids is 1. The van der Waals surface area contributed by atoms with Gasteiger partial charge in [-0.3, -0.25) is 9.59 Å². The number of hydrogen-bond donors (Lipinski definition) is 2. The van der Waals surface area contributed by atoms with Crippen LogP contribution in [0.3, 0.4) is 0 Å². The number of nitrogens with one attached hydrogen (secondary N) is 2. The van der Waals surface area contributed by atoms with E-state index in [0.29, 0.717) is 33.8 Å². The number of aryl methyl sites for hydroxylation is 1. The number of nitrogens with zero attached hydrogens (tertiary/aromatic N) is 1. The monoisotopic (exact) mass is 563 g/mol. The van der Waals surface area contributed by atoms with Crippen molar-refractivity contribution in [2.75, 3.05) is 32.5 Å². The molecule has 3 aliphatic heterocycles. The molecule has 5 rings (SSSR count). The Bertz CT molecular complexity index is 1360. The van der Waals surface area contributed by atoms with Crippen LogP contribution in [0.4, 0.5) is 0 Å². The molecule has 0 bridgehead atoms. The first-order valence-electron chi connectivity index (χ1n) is 14.1. The molecule has 4 heterocycles. The lowest BCUT2D eigenvalue weighted by atomic mass is 9.89. The fraction of sp³-hybridized carbons (Fsp3) is 0.571. The molecule has 38 heavy (non-hydrogen) atoms. The molecule has 10 heteroatoms. The lowest BCUT2D eigenvalue weighted by Gasteiger charge is -2.39. The largest absolute Gasteiger partial charge is 0.448 e. The lowest BCUT2D eigenvalue weighted by molar-refractivity contribution is -0.126. The molecular formula is C28H36ClN3O5S. The summed E-state index contributed by atoms with van der Waals surface area (Å²) < 4.78 is 35.7. The van der Waals surface area contributed by atoms with E-state index in [2.05, 4.69) is 15.2 Å². The fourth-order valence-corrected chi connectivity index (χ4v) is 6.46. The van der Waals surface area contributed by atoms with Gasteiger partial charge < -0.3 is 29.4 Å². The highest BCUT2D eigenvalue weighted by molar-refractivity contribution is 7.98. The maximum atomic E-state index is 13.4. The minimum absolute atomic E-state index is 0.126. The van der Waals surface area contributed by atoms with Crippen LogP contribution >= 0.6 is 23.4 Å². The van der Waals surface area contributed by atoms with Gasteiger partial charge in [0.15, 0.2) is 11.5 Å². The Morgan fingerprint density at radius 3 is 2.68 bits per heavy atom. The molecule has 2 saturated heterocycles. The van der Waals surface area contributed by atoms with Crippen molar-refractivity contribution in [3.8, 4) is 11.5 Å². The lowest BCUT2D eigenvalue weighted by Crippen LogP contribution is -2.49. The Morgan fingerprint density at radius 1 is 1.26 bits per heavy atom. The van der Waals surface area contributed by atoms with E-state index < -0.39 is 23.8 Å². The molecule has 206 valence electrons. The number of benzene rings is 1. The summed E-state index contributed by atoms with van der Waals surface area (Å²) in [5.74, 6) is -0.735. The van der Waals surface area contributed by atoms with E-state index in [9.17, 15) is 9.59 Å². The molecule has 2 aromatic rings. The highest BCUT2D eigenvalue weighted by atomic mass is 35.5. The summed E-state index contributed by atoms with van der Waals surface area (Å²) >= 11 is 7.83. The van der Waals surface area contributed by atoms with Crippen LogP contribution in [-0.4, -0.2) is 60.2 Å². The van der Waals surface area contributed by atoms with E-state index in [4.69, 9.17) is 28.6 Å². The predicted molar refractivity (Wildman–Crippen MR) is 149 cm³/mol. The van der Waals surface area contributed by atoms with Crippen molar-refractivity contribution in [3.63, 3.8) is 0 Å². The molecule has 2 N–H and O–H groups in total. The zero-order valence-electron chi connectivity index (χ0n) is 24.2. The average Bonchev–Trinajstić information content (AvgIpc) is 3.54. The highest BCUT2D eigenvalue weighted by Gasteiger charge is 2.47. The third kappa shape index (κ3) is 5.43. The Morgan fingerprint density at radius 2 is 2.00 bits per heavy atom. The van der Waals surface area contributed by atoms with Crippen LogP contribution in [0, 0.1) is 19.8 Å². The number of likely N-dealkylation sites (tertiary alicyclic amines) is 1. The third-order valence-corrected chi connectivity index (χ3v) is 8.80. The molecule has 1 aromatic heterocycles. The number of H-pyrrole nitrogens is 1. The van der Waals surface area contributed by atoms with Gasteiger partial charge in [0.1, 0.15) is 0 Å². The summed E-state index contributed by atoms with van der Waals surface area (Å²) in [6.45, 7) is 6.59. The standard InChI is InChI=1S/C28H36ClN3O5S/c1-16-12-23(38-4)21(27(34)31-16)14-30-26(33)20-13-22(29)25-24(17(20)2)36-28(3,37-25)18-7-9-32(10-8-18)15-19-6-5-11-35-19/h12-13,18-19H,5-11,14-15H2,1-4H3,(H,30,33)(H,31,34)/i14D2. The molecule has 2 atom stereocenters. The van der Waals surface area contributed by atoms with Crippen molar-refractivity contribution in [3.05, 3.63) is 49.9 Å². The van der Waals surface area contributed by atoms with Crippen LogP contribution in [0.25, 0.3) is 0 Å². The molecular weight excluding hydrogens is 526 g/mol. The average molecular weight is 564 g/mol. The molecule has 1 aromatic carbocycles. The van der Waals surface area contributed by atoms with Crippen LogP contribution < -0.4 is 20.3 Å². The molecule has 0 radical (unpaired) electrons. The van der Waals surface area contributed by atoms with Crippen molar-refractivity contribution in [1.82, 2.24) is 15.2 Å². The number of amides is 1. The molecule has 2 unspecified atom stereocenters. The maximum absolute atomic E-state index is 13.4. The molecule has 0 spiro atoms. The van der Waals surface area contributed by atoms with Gasteiger partial charge in [0, 0.05) is 59.8 Å². The van der Waals surface area contributed by atoms with Crippen LogP contribution in [0.2, 0.25) is 5.02 Å². The van der Waals surface area contributed by atoms with Crippen LogP contribution in [0.5, 0.6) is 11.5 Å². The number of hydrogen-bond acceptors (Lipinski definition) is 7. The molecule has 0 saturated carbocycles. The third-order valence-electron chi connectivity index (χ3n) is 7.76. The normalized spacial score (nSPS) is 24.8. The first-order valence-corrected chi connectivity index (χ1v) is 14.7. The molecule has 0 aliphatic carbocycles. The maximum Gasteiger partial charge on any atom is 0.254 e. The quantitative estimate of drug-likeness (QED) is 0.473. The zero-order chi connectivity index (χ0) is 28.8. The van der Waals surface area contributed by atoms with Crippen molar-refractivity contribution < 1.29 is 21.7 Å². The summed E-state index contributed by atoms with van der Waals surface area (Å²) in [4.78, 5) is 31.6. The summed E-state index contributed by atoms with van der Waals surface area (Å²) in [5.41, 5.74) is 0.515. The van der Waals surface area contributed by atoms with E-state index in [-0.39, 0.29) is 22.1 Å². The minimum Gasteiger partial charge on any atom is -0.448 e. The molecule has 1 amide bonds. The predicted octanol–water partition coefficient (Wildman–Crippen LogP) is 4.68. The Kier molecular flexibility index (Phi) is 7.26. The number of piperidine rings is 1. The van der Waals surface area contributed by atoms with E-state index in [1.165, 1.54) is 17.8 Å². The number of thioether (sulfide) groups is 1. The summed E-state index contributed by atoms with van der Waals surface area (Å²) in [6, 6.07) is 3.15. The van der Waals surface area contributed by atoms with E-state index in [0.717, 1.165) is 51.9 Å². The summed E-state index contributed by atoms with van der Waals surface area (Å²) in [6.07, 6.45) is 6.11. The number of ether oxygens (including phenoxy) is 3. The van der Waals surface area contributed by atoms with Gasteiger partial charge in [0.25, 0.3) is 17.3 Å². The minimum atomic E-state index is -2.43. The van der Waals surface area contributed by atoms with Gasteiger partial charge in [0.2, 0.25) is 0 Å². The second-order valence-electron chi connectivity index (χ2n) is 10.4. The van der Waals surface area contributed by atoms with Crippen molar-refractivity contribution in [1.29, 1.82) is 0 Å². The number of pyridine rings is 1. The molecule has 3 aliphatic rings. The Hall–Kier alpha value is -2.20. The highest BCUT2D eigenvalue weighted by Crippen LogP contribution is 2.51. The Labute approximate surface area is 235 Å². The number of rotatable bonds is 7. The van der Waals surface area contributed by atoms with Crippen molar-refractivity contribution in [2.24, 2.45) is 5.92 Å². The van der Waals surface area contributed by atoms with Gasteiger partial charge >= 0.3 is 0 Å².